The number of nitrogens with zero attached hydrogens (tertiary/aromatic N) is 3. The Balaban J connectivity index is 0.00000106. The van der Waals surface area contributed by atoms with Crippen LogP contribution in [-0.4, -0.2) is 14.5 Å². The second-order valence-electron chi connectivity index (χ2n) is 3.86. The molecule has 0 radical (unpaired) electrons. The predicted molar refractivity (Wildman–Crippen MR) is 88.7 cm³/mol. The highest BCUT2D eigenvalue weighted by molar-refractivity contribution is 6.48. The molecule has 0 fully saturated rings. The predicted octanol–water partition coefficient (Wildman–Crippen LogP) is 3.81. The first kappa shape index (κ1) is 16.9. The Morgan fingerprint density at radius 1 is 1.38 bits per heavy atom. The third-order valence-corrected chi connectivity index (χ3v) is 2.81. The van der Waals surface area contributed by atoms with Gasteiger partial charge in [0.25, 0.3) is 5.56 Å². The summed E-state index contributed by atoms with van der Waals surface area (Å²) < 4.78 is 1.40. The van der Waals surface area contributed by atoms with Gasteiger partial charge in [-0.3, -0.25) is 4.79 Å². The van der Waals surface area contributed by atoms with E-state index in [1.807, 2.05) is 13.8 Å². The molecule has 0 aromatic carbocycles. The normalized spacial score (nSPS) is 9.52. The number of hydrogen-bond donors (Lipinski definition) is 0. The van der Waals surface area contributed by atoms with Crippen molar-refractivity contribution in [3.05, 3.63) is 65.0 Å². The van der Waals surface area contributed by atoms with Gasteiger partial charge in [-0.2, -0.15) is 0 Å². The monoisotopic (exact) mass is 303 g/mol. The SMILES string of the molecule is C=Cc1nc(C)n(-c2ccccn2)c(=O)c1C(=C)Cl.CC. The molecule has 5 heteroatoms. The van der Waals surface area contributed by atoms with Crippen LogP contribution in [0.1, 0.15) is 30.9 Å². The average Bonchev–Trinajstić information content (AvgIpc) is 2.49. The lowest BCUT2D eigenvalue weighted by molar-refractivity contribution is 0.835. The Kier molecular flexibility index (Phi) is 6.06. The van der Waals surface area contributed by atoms with E-state index in [2.05, 4.69) is 23.1 Å². The molecule has 0 N–H and O–H groups in total. The lowest BCUT2D eigenvalue weighted by Gasteiger charge is -2.12. The van der Waals surface area contributed by atoms with Gasteiger partial charge >= 0.3 is 0 Å². The van der Waals surface area contributed by atoms with Crippen molar-refractivity contribution in [2.75, 3.05) is 0 Å². The zero-order valence-corrected chi connectivity index (χ0v) is 13.2. The van der Waals surface area contributed by atoms with Gasteiger partial charge in [0, 0.05) is 11.2 Å². The number of aryl methyl sites for hydroxylation is 1. The molecule has 0 saturated carbocycles. The van der Waals surface area contributed by atoms with Crippen LogP contribution in [0.5, 0.6) is 0 Å². The molecule has 2 heterocycles. The van der Waals surface area contributed by atoms with E-state index in [0.717, 1.165) is 0 Å². The maximum atomic E-state index is 12.5. The summed E-state index contributed by atoms with van der Waals surface area (Å²) in [6.45, 7) is 13.0. The number of halogens is 1. The van der Waals surface area contributed by atoms with E-state index in [9.17, 15) is 4.79 Å². The molecule has 110 valence electrons. The van der Waals surface area contributed by atoms with Gasteiger partial charge in [-0.15, -0.1) is 0 Å². The highest BCUT2D eigenvalue weighted by Gasteiger charge is 2.15. The van der Waals surface area contributed by atoms with Crippen molar-refractivity contribution < 1.29 is 0 Å². The van der Waals surface area contributed by atoms with Crippen LogP contribution < -0.4 is 5.56 Å². The van der Waals surface area contributed by atoms with Crippen molar-refractivity contribution in [2.24, 2.45) is 0 Å². The van der Waals surface area contributed by atoms with Gasteiger partial charge in [-0.25, -0.2) is 14.5 Å². The maximum absolute atomic E-state index is 12.5. The van der Waals surface area contributed by atoms with Crippen LogP contribution in [0, 0.1) is 6.92 Å². The fourth-order valence-electron chi connectivity index (χ4n) is 1.81. The molecule has 0 amide bonds. The van der Waals surface area contributed by atoms with Crippen LogP contribution in [0.4, 0.5) is 0 Å². The van der Waals surface area contributed by atoms with E-state index in [4.69, 9.17) is 11.6 Å². The van der Waals surface area contributed by atoms with Crippen molar-refractivity contribution in [1.29, 1.82) is 0 Å². The summed E-state index contributed by atoms with van der Waals surface area (Å²) in [4.78, 5) is 21.0. The van der Waals surface area contributed by atoms with E-state index >= 15 is 0 Å². The topological polar surface area (TPSA) is 47.8 Å². The Bertz CT molecular complexity index is 705. The highest BCUT2D eigenvalue weighted by atomic mass is 35.5. The van der Waals surface area contributed by atoms with Crippen LogP contribution in [-0.2, 0) is 0 Å². The molecule has 0 aliphatic rings. The Morgan fingerprint density at radius 3 is 2.52 bits per heavy atom. The molecule has 2 aromatic heterocycles. The number of aromatic nitrogens is 3. The molecule has 0 spiro atoms. The smallest absolute Gasteiger partial charge is 0.268 e. The summed E-state index contributed by atoms with van der Waals surface area (Å²) in [5.74, 6) is 1.01. The minimum absolute atomic E-state index is 0.136. The van der Waals surface area contributed by atoms with Gasteiger partial charge < -0.3 is 0 Å². The van der Waals surface area contributed by atoms with Crippen LogP contribution >= 0.6 is 11.6 Å². The second kappa shape index (κ2) is 7.55. The van der Waals surface area contributed by atoms with Gasteiger partial charge in [-0.05, 0) is 25.1 Å². The summed E-state index contributed by atoms with van der Waals surface area (Å²) in [5.41, 5.74) is 0.365. The third-order valence-electron chi connectivity index (χ3n) is 2.62. The lowest BCUT2D eigenvalue weighted by atomic mass is 10.2. The zero-order chi connectivity index (χ0) is 16.0. The Hall–Kier alpha value is -2.20. The summed E-state index contributed by atoms with van der Waals surface area (Å²) in [6, 6.07) is 5.30. The first-order valence-corrected chi connectivity index (χ1v) is 6.96. The van der Waals surface area contributed by atoms with E-state index < -0.39 is 0 Å². The largest absolute Gasteiger partial charge is 0.268 e. The van der Waals surface area contributed by atoms with E-state index in [1.165, 1.54) is 10.6 Å². The number of pyridine rings is 1. The van der Waals surface area contributed by atoms with Crippen molar-refractivity contribution >= 4 is 22.7 Å². The average molecular weight is 304 g/mol. The maximum Gasteiger partial charge on any atom is 0.268 e. The Labute approximate surface area is 129 Å². The molecule has 4 nitrogen and oxygen atoms in total. The molecule has 2 aromatic rings. The third kappa shape index (κ3) is 3.47. The van der Waals surface area contributed by atoms with Crippen molar-refractivity contribution in [3.63, 3.8) is 0 Å². The standard InChI is InChI=1S/C14H12ClN3O.C2H6/c1-4-11-13(9(2)15)14(19)18(10(3)17-11)12-7-5-6-8-16-12;1-2/h4-8H,1-2H2,3H3;1-2H3. The van der Waals surface area contributed by atoms with Gasteiger partial charge in [0.2, 0.25) is 0 Å². The van der Waals surface area contributed by atoms with E-state index in [1.54, 1.807) is 31.3 Å². The molecule has 0 atom stereocenters. The first-order chi connectivity index (χ1) is 10.1. The lowest BCUT2D eigenvalue weighted by Crippen LogP contribution is -2.26. The van der Waals surface area contributed by atoms with Gasteiger partial charge in [0.05, 0.1) is 11.3 Å². The molecule has 0 saturated heterocycles. The Morgan fingerprint density at radius 2 is 2.05 bits per heavy atom. The van der Waals surface area contributed by atoms with Crippen LogP contribution in [0.3, 0.4) is 0 Å². The van der Waals surface area contributed by atoms with Gasteiger partial charge in [0.1, 0.15) is 11.6 Å². The molecular weight excluding hydrogens is 286 g/mol. The molecule has 2 rings (SSSR count). The molecule has 0 bridgehead atoms. The van der Waals surface area contributed by atoms with Crippen molar-refractivity contribution in [2.45, 2.75) is 20.8 Å². The van der Waals surface area contributed by atoms with E-state index in [-0.39, 0.29) is 16.2 Å². The highest BCUT2D eigenvalue weighted by Crippen LogP contribution is 2.18. The molecule has 21 heavy (non-hydrogen) atoms. The van der Waals surface area contributed by atoms with Crippen molar-refractivity contribution in [1.82, 2.24) is 14.5 Å². The first-order valence-electron chi connectivity index (χ1n) is 6.58. The zero-order valence-electron chi connectivity index (χ0n) is 12.4. The molecular formula is C16H18ClN3O. The van der Waals surface area contributed by atoms with E-state index in [0.29, 0.717) is 17.3 Å². The van der Waals surface area contributed by atoms with Crippen molar-refractivity contribution in [3.8, 4) is 5.82 Å². The minimum atomic E-state index is -0.305. The fraction of sp³-hybridized carbons (Fsp3) is 0.188. The number of hydrogen-bond acceptors (Lipinski definition) is 3. The summed E-state index contributed by atoms with van der Waals surface area (Å²) in [5, 5.41) is 0.136. The molecule has 0 aliphatic carbocycles. The summed E-state index contributed by atoms with van der Waals surface area (Å²) >= 11 is 5.89. The fourth-order valence-corrected chi connectivity index (χ4v) is 1.98. The number of rotatable bonds is 3. The van der Waals surface area contributed by atoms with Crippen LogP contribution in [0.2, 0.25) is 0 Å². The quantitative estimate of drug-likeness (QED) is 0.866. The summed E-state index contributed by atoms with van der Waals surface area (Å²) in [7, 11) is 0. The summed E-state index contributed by atoms with van der Waals surface area (Å²) in [6.07, 6.45) is 3.10. The van der Waals surface area contributed by atoms with Gasteiger partial charge in [0.15, 0.2) is 0 Å². The minimum Gasteiger partial charge on any atom is -0.268 e. The van der Waals surface area contributed by atoms with Crippen LogP contribution in [0.15, 0.2) is 42.3 Å². The van der Waals surface area contributed by atoms with Crippen LogP contribution in [0.25, 0.3) is 16.9 Å². The molecule has 0 unspecified atom stereocenters. The van der Waals surface area contributed by atoms with Gasteiger partial charge in [-0.1, -0.05) is 44.7 Å². The second-order valence-corrected chi connectivity index (χ2v) is 4.31. The molecule has 0 aliphatic heterocycles.